The summed E-state index contributed by atoms with van der Waals surface area (Å²) in [6, 6.07) is 6.48. The summed E-state index contributed by atoms with van der Waals surface area (Å²) >= 11 is 0. The predicted octanol–water partition coefficient (Wildman–Crippen LogP) is 2.25. The van der Waals surface area contributed by atoms with E-state index in [-0.39, 0.29) is 17.9 Å². The summed E-state index contributed by atoms with van der Waals surface area (Å²) in [6.45, 7) is 2.17. The molecule has 0 amide bonds. The van der Waals surface area contributed by atoms with Gasteiger partial charge in [-0.1, -0.05) is 25.1 Å². The molecule has 0 fully saturated rings. The fourth-order valence-corrected chi connectivity index (χ4v) is 2.30. The van der Waals surface area contributed by atoms with Gasteiger partial charge in [-0.2, -0.15) is 0 Å². The molecule has 3 rings (SSSR count). The molecule has 0 atom stereocenters. The summed E-state index contributed by atoms with van der Waals surface area (Å²) in [5.41, 5.74) is 1.67. The Balaban J connectivity index is 2.11. The van der Waals surface area contributed by atoms with Crippen LogP contribution in [-0.4, -0.2) is 14.0 Å². The number of aryl methyl sites for hydroxylation is 1. The van der Waals surface area contributed by atoms with E-state index >= 15 is 0 Å². The molecule has 4 nitrogen and oxygen atoms in total. The van der Waals surface area contributed by atoms with E-state index in [1.807, 2.05) is 6.92 Å². The van der Waals surface area contributed by atoms with Gasteiger partial charge in [-0.05, 0) is 12.5 Å². The molecule has 0 bridgehead atoms. The Morgan fingerprint density at radius 2 is 2.05 bits per heavy atom. The number of hydrogen-bond donors (Lipinski definition) is 0. The Morgan fingerprint density at radius 3 is 2.80 bits per heavy atom. The van der Waals surface area contributed by atoms with E-state index in [1.165, 1.54) is 10.6 Å². The molecule has 2 aromatic heterocycles. The Bertz CT molecular complexity index is 819. The minimum absolute atomic E-state index is 0.148. The lowest BCUT2D eigenvalue weighted by atomic mass is 10.2. The highest BCUT2D eigenvalue weighted by Gasteiger charge is 2.10. The number of hydrogen-bond acceptors (Lipinski definition) is 2. The van der Waals surface area contributed by atoms with Gasteiger partial charge in [-0.3, -0.25) is 9.20 Å². The predicted molar refractivity (Wildman–Crippen MR) is 74.3 cm³/mol. The van der Waals surface area contributed by atoms with Crippen molar-refractivity contribution >= 4 is 5.52 Å². The van der Waals surface area contributed by atoms with Gasteiger partial charge in [0.1, 0.15) is 11.3 Å². The first-order chi connectivity index (χ1) is 9.70. The third kappa shape index (κ3) is 2.01. The van der Waals surface area contributed by atoms with E-state index in [2.05, 4.69) is 4.98 Å². The summed E-state index contributed by atoms with van der Waals surface area (Å²) in [4.78, 5) is 16.7. The minimum Gasteiger partial charge on any atom is -0.308 e. The van der Waals surface area contributed by atoms with Crippen LogP contribution in [0, 0.1) is 5.82 Å². The Labute approximate surface area is 115 Å². The molecule has 0 saturated carbocycles. The van der Waals surface area contributed by atoms with Crippen molar-refractivity contribution in [2.45, 2.75) is 19.9 Å². The van der Waals surface area contributed by atoms with Crippen molar-refractivity contribution < 1.29 is 4.39 Å². The summed E-state index contributed by atoms with van der Waals surface area (Å²) in [6.07, 6.45) is 5.74. The molecular weight excluding hydrogens is 257 g/mol. The monoisotopic (exact) mass is 271 g/mol. The Morgan fingerprint density at radius 1 is 1.25 bits per heavy atom. The van der Waals surface area contributed by atoms with Gasteiger partial charge in [0, 0.05) is 18.0 Å². The van der Waals surface area contributed by atoms with Crippen LogP contribution in [0.4, 0.5) is 4.39 Å². The van der Waals surface area contributed by atoms with Gasteiger partial charge in [0.2, 0.25) is 0 Å². The fourth-order valence-electron chi connectivity index (χ4n) is 2.30. The number of benzene rings is 1. The van der Waals surface area contributed by atoms with Gasteiger partial charge in [0.15, 0.2) is 0 Å². The fraction of sp³-hybridized carbons (Fsp3) is 0.200. The largest absolute Gasteiger partial charge is 0.308 e. The van der Waals surface area contributed by atoms with Crippen LogP contribution in [0.1, 0.15) is 18.2 Å². The normalized spacial score (nSPS) is 11.1. The number of halogens is 1. The van der Waals surface area contributed by atoms with Crippen LogP contribution in [-0.2, 0) is 13.0 Å². The maximum Gasteiger partial charge on any atom is 0.277 e. The van der Waals surface area contributed by atoms with Crippen LogP contribution >= 0.6 is 0 Å². The standard InChI is InChI=1S/C15H14FN3O/c1-2-13-14-15(20)18(7-8-19(14)10-17-13)9-11-5-3-4-6-12(11)16/h3-8,10H,2,9H2,1H3. The highest BCUT2D eigenvalue weighted by molar-refractivity contribution is 5.50. The van der Waals surface area contributed by atoms with Crippen LogP contribution in [0.25, 0.3) is 5.52 Å². The van der Waals surface area contributed by atoms with E-state index in [4.69, 9.17) is 0 Å². The first-order valence-electron chi connectivity index (χ1n) is 6.49. The summed E-state index contributed by atoms with van der Waals surface area (Å²) < 4.78 is 16.9. The smallest absolute Gasteiger partial charge is 0.277 e. The van der Waals surface area contributed by atoms with Crippen molar-refractivity contribution in [3.8, 4) is 0 Å². The first-order valence-corrected chi connectivity index (χ1v) is 6.49. The molecule has 0 aliphatic rings. The molecule has 0 saturated heterocycles. The number of nitrogens with zero attached hydrogens (tertiary/aromatic N) is 3. The molecule has 20 heavy (non-hydrogen) atoms. The molecule has 1 aromatic carbocycles. The zero-order chi connectivity index (χ0) is 14.1. The zero-order valence-corrected chi connectivity index (χ0v) is 11.1. The van der Waals surface area contributed by atoms with Crippen LogP contribution in [0.3, 0.4) is 0 Å². The minimum atomic E-state index is -0.302. The molecule has 0 spiro atoms. The topological polar surface area (TPSA) is 39.3 Å². The summed E-state index contributed by atoms with van der Waals surface area (Å²) in [5, 5.41) is 0. The highest BCUT2D eigenvalue weighted by atomic mass is 19.1. The van der Waals surface area contributed by atoms with Crippen molar-refractivity contribution in [1.29, 1.82) is 0 Å². The van der Waals surface area contributed by atoms with Crippen molar-refractivity contribution in [2.24, 2.45) is 0 Å². The molecule has 5 heteroatoms. The third-order valence-corrected chi connectivity index (χ3v) is 3.37. The SMILES string of the molecule is CCc1ncn2ccn(Cc3ccccc3F)c(=O)c12. The van der Waals surface area contributed by atoms with Crippen LogP contribution in [0.15, 0.2) is 47.8 Å². The van der Waals surface area contributed by atoms with E-state index in [0.717, 1.165) is 5.69 Å². The van der Waals surface area contributed by atoms with E-state index in [0.29, 0.717) is 17.5 Å². The molecule has 0 N–H and O–H groups in total. The number of fused-ring (bicyclic) bond motifs is 1. The van der Waals surface area contributed by atoms with Gasteiger partial charge in [0.25, 0.3) is 5.56 Å². The lowest BCUT2D eigenvalue weighted by Gasteiger charge is -2.07. The third-order valence-electron chi connectivity index (χ3n) is 3.37. The van der Waals surface area contributed by atoms with Crippen LogP contribution in [0.5, 0.6) is 0 Å². The molecule has 0 radical (unpaired) electrons. The average Bonchev–Trinajstić information content (AvgIpc) is 2.88. The second kappa shape index (κ2) is 4.92. The van der Waals surface area contributed by atoms with Gasteiger partial charge in [-0.25, -0.2) is 9.37 Å². The Kier molecular flexibility index (Phi) is 3.10. The van der Waals surface area contributed by atoms with Crippen molar-refractivity contribution in [3.05, 3.63) is 70.4 Å². The maximum absolute atomic E-state index is 13.7. The second-order valence-electron chi connectivity index (χ2n) is 4.62. The average molecular weight is 271 g/mol. The van der Waals surface area contributed by atoms with E-state index < -0.39 is 0 Å². The highest BCUT2D eigenvalue weighted by Crippen LogP contribution is 2.09. The van der Waals surface area contributed by atoms with Gasteiger partial charge in [0.05, 0.1) is 18.6 Å². The van der Waals surface area contributed by atoms with Crippen LogP contribution in [0.2, 0.25) is 0 Å². The molecule has 2 heterocycles. The lowest BCUT2D eigenvalue weighted by molar-refractivity contribution is 0.596. The van der Waals surface area contributed by atoms with Crippen molar-refractivity contribution in [3.63, 3.8) is 0 Å². The van der Waals surface area contributed by atoms with Crippen LogP contribution < -0.4 is 5.56 Å². The maximum atomic E-state index is 13.7. The lowest BCUT2D eigenvalue weighted by Crippen LogP contribution is -2.22. The summed E-state index contributed by atoms with van der Waals surface area (Å²) in [7, 11) is 0. The van der Waals surface area contributed by atoms with Crippen molar-refractivity contribution in [2.75, 3.05) is 0 Å². The van der Waals surface area contributed by atoms with Crippen molar-refractivity contribution in [1.82, 2.24) is 14.0 Å². The molecule has 0 aliphatic carbocycles. The van der Waals surface area contributed by atoms with Gasteiger partial charge < -0.3 is 4.57 Å². The molecule has 0 unspecified atom stereocenters. The molecule has 3 aromatic rings. The molecule has 102 valence electrons. The Hall–Kier alpha value is -2.43. The van der Waals surface area contributed by atoms with Gasteiger partial charge >= 0.3 is 0 Å². The quantitative estimate of drug-likeness (QED) is 0.733. The number of aromatic nitrogens is 3. The second-order valence-corrected chi connectivity index (χ2v) is 4.62. The first kappa shape index (κ1) is 12.6. The number of rotatable bonds is 3. The van der Waals surface area contributed by atoms with E-state index in [1.54, 1.807) is 41.3 Å². The zero-order valence-electron chi connectivity index (χ0n) is 11.1. The van der Waals surface area contributed by atoms with E-state index in [9.17, 15) is 9.18 Å². The molecular formula is C15H14FN3O. The summed E-state index contributed by atoms with van der Waals surface area (Å²) in [5.74, 6) is -0.302. The molecule has 0 aliphatic heterocycles. The van der Waals surface area contributed by atoms with Gasteiger partial charge in [-0.15, -0.1) is 0 Å². The number of imidazole rings is 1.